The maximum Gasteiger partial charge on any atom is 0.324 e. The monoisotopic (exact) mass is 199 g/mol. The smallest absolute Gasteiger partial charge is 0.324 e. The first-order valence-corrected chi connectivity index (χ1v) is 5.11. The van der Waals surface area contributed by atoms with Gasteiger partial charge in [-0.2, -0.15) is 0 Å². The minimum atomic E-state index is -0.145. The van der Waals surface area contributed by atoms with Gasteiger partial charge in [-0.25, -0.2) is 0 Å². The SMILES string of the molecule is CCOC(=O)C1CNCCN1[C](C)C. The highest BCUT2D eigenvalue weighted by atomic mass is 16.5. The van der Waals surface area contributed by atoms with Crippen molar-refractivity contribution in [1.82, 2.24) is 10.2 Å². The first-order valence-electron chi connectivity index (χ1n) is 5.11. The molecule has 1 saturated heterocycles. The van der Waals surface area contributed by atoms with Gasteiger partial charge < -0.3 is 10.1 Å². The van der Waals surface area contributed by atoms with Gasteiger partial charge in [-0.1, -0.05) is 0 Å². The highest BCUT2D eigenvalue weighted by Gasteiger charge is 2.31. The number of rotatable bonds is 3. The fourth-order valence-corrected chi connectivity index (χ4v) is 1.69. The van der Waals surface area contributed by atoms with E-state index in [1.54, 1.807) is 0 Å². The number of piperazine rings is 1. The Labute approximate surface area is 85.6 Å². The fourth-order valence-electron chi connectivity index (χ4n) is 1.69. The van der Waals surface area contributed by atoms with Crippen molar-refractivity contribution in [3.05, 3.63) is 6.04 Å². The largest absolute Gasteiger partial charge is 0.465 e. The van der Waals surface area contributed by atoms with E-state index in [-0.39, 0.29) is 12.0 Å². The Morgan fingerprint density at radius 3 is 2.86 bits per heavy atom. The van der Waals surface area contributed by atoms with Crippen molar-refractivity contribution in [1.29, 1.82) is 0 Å². The number of hydrogen-bond donors (Lipinski definition) is 1. The molecule has 0 aromatic rings. The topological polar surface area (TPSA) is 41.6 Å². The summed E-state index contributed by atoms with van der Waals surface area (Å²) in [5, 5.41) is 3.20. The van der Waals surface area contributed by atoms with Crippen LogP contribution in [0.25, 0.3) is 0 Å². The number of nitrogens with zero attached hydrogens (tertiary/aromatic N) is 1. The number of carbonyl (C=O) groups excluding carboxylic acids is 1. The van der Waals surface area contributed by atoms with Crippen molar-refractivity contribution < 1.29 is 9.53 Å². The van der Waals surface area contributed by atoms with Crippen LogP contribution in [0.2, 0.25) is 0 Å². The molecule has 4 nitrogen and oxygen atoms in total. The van der Waals surface area contributed by atoms with Gasteiger partial charge in [0.25, 0.3) is 0 Å². The number of esters is 1. The van der Waals surface area contributed by atoms with Crippen LogP contribution >= 0.6 is 0 Å². The maximum atomic E-state index is 11.6. The number of hydrogen-bond acceptors (Lipinski definition) is 4. The molecular weight excluding hydrogens is 180 g/mol. The zero-order valence-corrected chi connectivity index (χ0v) is 9.17. The average molecular weight is 199 g/mol. The molecule has 0 aromatic heterocycles. The van der Waals surface area contributed by atoms with Crippen molar-refractivity contribution >= 4 is 5.97 Å². The molecule has 1 fully saturated rings. The first kappa shape index (κ1) is 11.5. The van der Waals surface area contributed by atoms with Crippen LogP contribution in [0, 0.1) is 6.04 Å². The molecule has 1 radical (unpaired) electrons. The second-order valence-electron chi connectivity index (χ2n) is 3.61. The molecule has 81 valence electrons. The number of carbonyl (C=O) groups is 1. The molecule has 1 heterocycles. The van der Waals surface area contributed by atoms with Crippen LogP contribution in [0.3, 0.4) is 0 Å². The molecule has 0 aliphatic carbocycles. The van der Waals surface area contributed by atoms with E-state index < -0.39 is 0 Å². The Morgan fingerprint density at radius 2 is 2.29 bits per heavy atom. The molecular formula is C10H19N2O2. The summed E-state index contributed by atoms with van der Waals surface area (Å²) in [4.78, 5) is 13.7. The lowest BCUT2D eigenvalue weighted by molar-refractivity contribution is -0.149. The first-order chi connectivity index (χ1) is 6.66. The lowest BCUT2D eigenvalue weighted by Crippen LogP contribution is -2.55. The second-order valence-corrected chi connectivity index (χ2v) is 3.61. The van der Waals surface area contributed by atoms with Gasteiger partial charge in [-0.3, -0.25) is 9.69 Å². The number of nitrogens with one attached hydrogen (secondary N) is 1. The molecule has 0 spiro atoms. The van der Waals surface area contributed by atoms with Gasteiger partial charge in [-0.05, 0) is 20.8 Å². The Hall–Kier alpha value is -0.610. The second kappa shape index (κ2) is 5.32. The van der Waals surface area contributed by atoms with Gasteiger partial charge >= 0.3 is 5.97 Å². The predicted molar refractivity (Wildman–Crippen MR) is 54.6 cm³/mol. The van der Waals surface area contributed by atoms with Crippen molar-refractivity contribution in [2.45, 2.75) is 26.8 Å². The third-order valence-electron chi connectivity index (χ3n) is 2.38. The Balaban J connectivity index is 2.57. The van der Waals surface area contributed by atoms with E-state index in [2.05, 4.69) is 10.2 Å². The summed E-state index contributed by atoms with van der Waals surface area (Å²) >= 11 is 0. The third kappa shape index (κ3) is 2.69. The molecule has 1 rings (SSSR count). The molecule has 1 aliphatic rings. The van der Waals surface area contributed by atoms with Crippen molar-refractivity contribution in [3.63, 3.8) is 0 Å². The lowest BCUT2D eigenvalue weighted by atomic mass is 10.1. The van der Waals surface area contributed by atoms with Gasteiger partial charge in [0, 0.05) is 25.7 Å². The molecule has 1 unspecified atom stereocenters. The molecule has 4 heteroatoms. The molecule has 0 saturated carbocycles. The van der Waals surface area contributed by atoms with Crippen LogP contribution in [-0.4, -0.2) is 43.2 Å². The van der Waals surface area contributed by atoms with Crippen molar-refractivity contribution in [2.24, 2.45) is 0 Å². The molecule has 1 atom stereocenters. The molecule has 0 bridgehead atoms. The third-order valence-corrected chi connectivity index (χ3v) is 2.38. The van der Waals surface area contributed by atoms with E-state index in [9.17, 15) is 4.79 Å². The fraction of sp³-hybridized carbons (Fsp3) is 0.800. The van der Waals surface area contributed by atoms with E-state index in [1.807, 2.05) is 20.8 Å². The Morgan fingerprint density at radius 1 is 1.57 bits per heavy atom. The summed E-state index contributed by atoms with van der Waals surface area (Å²) in [7, 11) is 0. The van der Waals surface area contributed by atoms with E-state index in [0.29, 0.717) is 13.2 Å². The minimum Gasteiger partial charge on any atom is -0.465 e. The molecule has 1 aliphatic heterocycles. The van der Waals surface area contributed by atoms with E-state index in [1.165, 1.54) is 6.04 Å². The Bertz CT molecular complexity index is 195. The van der Waals surface area contributed by atoms with Gasteiger partial charge in [0.15, 0.2) is 0 Å². The summed E-state index contributed by atoms with van der Waals surface area (Å²) in [6, 6.07) is 1.03. The van der Waals surface area contributed by atoms with Crippen LogP contribution in [0.4, 0.5) is 0 Å². The summed E-state index contributed by atoms with van der Waals surface area (Å²) in [6.45, 7) is 8.83. The zero-order chi connectivity index (χ0) is 10.6. The molecule has 0 amide bonds. The quantitative estimate of drug-likeness (QED) is 0.668. The van der Waals surface area contributed by atoms with E-state index in [4.69, 9.17) is 4.74 Å². The summed E-state index contributed by atoms with van der Waals surface area (Å²) in [5.41, 5.74) is 0. The van der Waals surface area contributed by atoms with Gasteiger partial charge in [0.1, 0.15) is 6.04 Å². The maximum absolute atomic E-state index is 11.6. The standard InChI is InChI=1S/C10H19N2O2/c1-4-14-10(13)9-7-11-5-6-12(9)8(2)3/h9,11H,4-7H2,1-3H3. The molecule has 14 heavy (non-hydrogen) atoms. The summed E-state index contributed by atoms with van der Waals surface area (Å²) in [5.74, 6) is -0.124. The van der Waals surface area contributed by atoms with Crippen LogP contribution in [0.15, 0.2) is 0 Å². The summed E-state index contributed by atoms with van der Waals surface area (Å²) < 4.78 is 5.03. The predicted octanol–water partition coefficient (Wildman–Crippen LogP) is 0.395. The van der Waals surface area contributed by atoms with Crippen LogP contribution in [-0.2, 0) is 9.53 Å². The minimum absolute atomic E-state index is 0.124. The van der Waals surface area contributed by atoms with Crippen LogP contribution in [0.1, 0.15) is 20.8 Å². The summed E-state index contributed by atoms with van der Waals surface area (Å²) in [6.07, 6.45) is 0. The number of ether oxygens (including phenoxy) is 1. The molecule has 1 N–H and O–H groups in total. The average Bonchev–Trinajstić information content (AvgIpc) is 2.18. The van der Waals surface area contributed by atoms with Gasteiger partial charge in [0.05, 0.1) is 6.61 Å². The van der Waals surface area contributed by atoms with Gasteiger partial charge in [-0.15, -0.1) is 0 Å². The van der Waals surface area contributed by atoms with E-state index in [0.717, 1.165) is 13.1 Å². The lowest BCUT2D eigenvalue weighted by Gasteiger charge is -2.36. The van der Waals surface area contributed by atoms with E-state index >= 15 is 0 Å². The highest BCUT2D eigenvalue weighted by molar-refractivity contribution is 5.76. The molecule has 0 aromatic carbocycles. The van der Waals surface area contributed by atoms with Crippen LogP contribution in [0.5, 0.6) is 0 Å². The zero-order valence-electron chi connectivity index (χ0n) is 9.17. The van der Waals surface area contributed by atoms with Crippen molar-refractivity contribution in [2.75, 3.05) is 26.2 Å². The Kier molecular flexibility index (Phi) is 4.35. The normalized spacial score (nSPS) is 23.9. The van der Waals surface area contributed by atoms with Crippen molar-refractivity contribution in [3.8, 4) is 0 Å². The van der Waals surface area contributed by atoms with Crippen LogP contribution < -0.4 is 5.32 Å². The van der Waals surface area contributed by atoms with Gasteiger partial charge in [0.2, 0.25) is 0 Å². The highest BCUT2D eigenvalue weighted by Crippen LogP contribution is 2.14.